The van der Waals surface area contributed by atoms with E-state index in [0.29, 0.717) is 16.5 Å². The van der Waals surface area contributed by atoms with Crippen molar-refractivity contribution in [1.29, 1.82) is 0 Å². The molecule has 0 radical (unpaired) electrons. The summed E-state index contributed by atoms with van der Waals surface area (Å²) in [5.41, 5.74) is 1.12. The number of rotatable bonds is 4. The monoisotopic (exact) mass is 334 g/mol. The number of hydrogen-bond acceptors (Lipinski definition) is 8. The molecule has 0 fully saturated rings. The van der Waals surface area contributed by atoms with Crippen molar-refractivity contribution in [3.8, 4) is 5.75 Å². The number of anilines is 1. The van der Waals surface area contributed by atoms with Gasteiger partial charge in [0.25, 0.3) is 0 Å². The first kappa shape index (κ1) is 17.0. The Labute approximate surface area is 135 Å². The van der Waals surface area contributed by atoms with E-state index >= 15 is 0 Å². The van der Waals surface area contributed by atoms with E-state index in [1.54, 1.807) is 12.1 Å². The fourth-order valence-electron chi connectivity index (χ4n) is 2.28. The van der Waals surface area contributed by atoms with E-state index in [1.165, 1.54) is 20.2 Å². The Morgan fingerprint density at radius 3 is 2.22 bits per heavy atom. The molecule has 2 aromatic rings. The van der Waals surface area contributed by atoms with Crippen molar-refractivity contribution in [2.75, 3.05) is 33.1 Å². The first-order valence-electron chi connectivity index (χ1n) is 6.61. The van der Waals surface area contributed by atoms with Gasteiger partial charge in [0.2, 0.25) is 0 Å². The van der Waals surface area contributed by atoms with E-state index in [1.807, 2.05) is 19.0 Å². The van der Waals surface area contributed by atoms with Crippen LogP contribution in [0.25, 0.3) is 10.8 Å². The summed E-state index contributed by atoms with van der Waals surface area (Å²) in [4.78, 5) is 1.68. The molecule has 0 amide bonds. The highest BCUT2D eigenvalue weighted by molar-refractivity contribution is 7.79. The summed E-state index contributed by atoms with van der Waals surface area (Å²) in [6, 6.07) is 4.87. The Hall–Kier alpha value is -2.39. The van der Waals surface area contributed by atoms with Crippen LogP contribution in [-0.2, 0) is 11.1 Å². The van der Waals surface area contributed by atoms with E-state index in [-0.39, 0.29) is 16.3 Å². The number of phenolic OH excluding ortho intramolecular Hbond substituents is 1. The molecular formula is C14H16N5O3S-. The largest absolute Gasteiger partial charge is 0.768 e. The maximum absolute atomic E-state index is 11.5. The van der Waals surface area contributed by atoms with Gasteiger partial charge in [-0.3, -0.25) is 4.21 Å². The first-order chi connectivity index (χ1) is 10.9. The lowest BCUT2D eigenvalue weighted by atomic mass is 10.0. The quantitative estimate of drug-likeness (QED) is 0.682. The molecule has 0 heterocycles. The molecule has 9 heteroatoms. The minimum atomic E-state index is -2.59. The second-order valence-electron chi connectivity index (χ2n) is 4.83. The van der Waals surface area contributed by atoms with E-state index in [2.05, 4.69) is 20.5 Å². The van der Waals surface area contributed by atoms with Gasteiger partial charge in [0, 0.05) is 39.0 Å². The van der Waals surface area contributed by atoms with Crippen LogP contribution in [-0.4, -0.2) is 42.1 Å². The van der Waals surface area contributed by atoms with Crippen molar-refractivity contribution in [2.45, 2.75) is 4.90 Å². The summed E-state index contributed by atoms with van der Waals surface area (Å²) in [6.07, 6.45) is 0. The van der Waals surface area contributed by atoms with Crippen molar-refractivity contribution < 1.29 is 13.9 Å². The molecule has 0 saturated carbocycles. The molecule has 0 saturated heterocycles. The third-order valence-corrected chi connectivity index (χ3v) is 3.92. The highest BCUT2D eigenvalue weighted by Gasteiger charge is 2.18. The normalized spacial score (nSPS) is 13.3. The highest BCUT2D eigenvalue weighted by Crippen LogP contribution is 2.45. The van der Waals surface area contributed by atoms with Crippen LogP contribution in [0.15, 0.2) is 43.6 Å². The molecule has 1 N–H and O–H groups in total. The van der Waals surface area contributed by atoms with Crippen molar-refractivity contribution in [3.05, 3.63) is 18.2 Å². The molecule has 0 bridgehead atoms. The third-order valence-electron chi connectivity index (χ3n) is 3.25. The molecular weight excluding hydrogens is 318 g/mol. The Morgan fingerprint density at radius 2 is 1.70 bits per heavy atom. The van der Waals surface area contributed by atoms with Crippen molar-refractivity contribution in [1.82, 2.24) is 0 Å². The van der Waals surface area contributed by atoms with Crippen LogP contribution in [0, 0.1) is 0 Å². The summed E-state index contributed by atoms with van der Waals surface area (Å²) in [7, 11) is 6.58. The lowest BCUT2D eigenvalue weighted by molar-refractivity contribution is 0.480. The van der Waals surface area contributed by atoms with Crippen LogP contribution >= 0.6 is 0 Å². The fourth-order valence-corrected chi connectivity index (χ4v) is 2.79. The second kappa shape index (κ2) is 6.80. The average Bonchev–Trinajstić information content (AvgIpc) is 2.50. The van der Waals surface area contributed by atoms with Crippen LogP contribution in [0.4, 0.5) is 17.1 Å². The standard InChI is InChI=1S/C14H17N5O3S/c1-15-17-12-9-7-11(23(21)22)13(18-16-2)14(20)8(9)5-6-10(12)19(3)4/h5-7,20H,1-4H3,(H,21,22)/p-1. The molecule has 1 atom stereocenters. The van der Waals surface area contributed by atoms with E-state index in [0.717, 1.165) is 5.69 Å². The van der Waals surface area contributed by atoms with Crippen LogP contribution in [0.3, 0.4) is 0 Å². The van der Waals surface area contributed by atoms with Crippen molar-refractivity contribution in [3.63, 3.8) is 0 Å². The predicted octanol–water partition coefficient (Wildman–Crippen LogP) is 3.28. The maximum atomic E-state index is 11.5. The summed E-state index contributed by atoms with van der Waals surface area (Å²) in [5, 5.41) is 26.5. The Balaban J connectivity index is 3.00. The van der Waals surface area contributed by atoms with Gasteiger partial charge in [0.15, 0.2) is 5.75 Å². The molecule has 2 aromatic carbocycles. The van der Waals surface area contributed by atoms with Gasteiger partial charge < -0.3 is 14.6 Å². The zero-order valence-corrected chi connectivity index (χ0v) is 14.0. The molecule has 122 valence electrons. The van der Waals surface area contributed by atoms with Crippen molar-refractivity contribution >= 4 is 38.9 Å². The van der Waals surface area contributed by atoms with E-state index < -0.39 is 11.1 Å². The SMILES string of the molecule is CN=Nc1c(S(=O)[O-])cc2c(N=NC)c(N(C)C)ccc2c1O. The van der Waals surface area contributed by atoms with Crippen LogP contribution in [0.1, 0.15) is 0 Å². The van der Waals surface area contributed by atoms with E-state index in [4.69, 9.17) is 0 Å². The van der Waals surface area contributed by atoms with Gasteiger partial charge in [-0.15, -0.1) is 0 Å². The maximum Gasteiger partial charge on any atom is 0.152 e. The molecule has 0 aliphatic heterocycles. The number of hydrogen-bond donors (Lipinski definition) is 1. The van der Waals surface area contributed by atoms with E-state index in [9.17, 15) is 13.9 Å². The number of phenols is 1. The number of azo groups is 2. The number of aromatic hydroxyl groups is 1. The molecule has 1 unspecified atom stereocenters. The van der Waals surface area contributed by atoms with Gasteiger partial charge in [0.1, 0.15) is 11.4 Å². The topological polar surface area (TPSA) is 113 Å². The molecule has 0 aliphatic carbocycles. The number of nitrogens with zero attached hydrogens (tertiary/aromatic N) is 5. The molecule has 0 aromatic heterocycles. The molecule has 0 spiro atoms. The predicted molar refractivity (Wildman–Crippen MR) is 88.0 cm³/mol. The minimum absolute atomic E-state index is 0.0923. The van der Waals surface area contributed by atoms with Crippen molar-refractivity contribution in [2.24, 2.45) is 20.5 Å². The lowest BCUT2D eigenvalue weighted by Gasteiger charge is -2.18. The fraction of sp³-hybridized carbons (Fsp3) is 0.286. The van der Waals surface area contributed by atoms with Crippen LogP contribution in [0.2, 0.25) is 0 Å². The summed E-state index contributed by atoms with van der Waals surface area (Å²) in [5.74, 6) is -0.259. The van der Waals surface area contributed by atoms with Gasteiger partial charge in [-0.2, -0.15) is 20.5 Å². The Morgan fingerprint density at radius 1 is 1.09 bits per heavy atom. The number of benzene rings is 2. The second-order valence-corrected chi connectivity index (χ2v) is 5.74. The summed E-state index contributed by atoms with van der Waals surface area (Å²) < 4.78 is 23.0. The zero-order chi connectivity index (χ0) is 17.1. The third kappa shape index (κ3) is 3.06. The molecule has 23 heavy (non-hydrogen) atoms. The average molecular weight is 334 g/mol. The summed E-state index contributed by atoms with van der Waals surface area (Å²) in [6.45, 7) is 0. The number of fused-ring (bicyclic) bond motifs is 1. The van der Waals surface area contributed by atoms with Gasteiger partial charge in [-0.25, -0.2) is 0 Å². The summed E-state index contributed by atoms with van der Waals surface area (Å²) >= 11 is -2.59. The van der Waals surface area contributed by atoms with Gasteiger partial charge in [-0.05, 0) is 29.3 Å². The van der Waals surface area contributed by atoms with Gasteiger partial charge in [-0.1, -0.05) is 0 Å². The Bertz CT molecular complexity index is 833. The van der Waals surface area contributed by atoms with Gasteiger partial charge >= 0.3 is 0 Å². The minimum Gasteiger partial charge on any atom is -0.768 e. The molecule has 8 nitrogen and oxygen atoms in total. The lowest BCUT2D eigenvalue weighted by Crippen LogP contribution is -2.08. The van der Waals surface area contributed by atoms with Crippen LogP contribution in [0.5, 0.6) is 5.75 Å². The Kier molecular flexibility index (Phi) is 5.02. The van der Waals surface area contributed by atoms with Crippen LogP contribution < -0.4 is 4.90 Å². The smallest absolute Gasteiger partial charge is 0.152 e. The highest BCUT2D eigenvalue weighted by atomic mass is 32.2. The molecule has 2 rings (SSSR count). The van der Waals surface area contributed by atoms with Gasteiger partial charge in [0.05, 0.1) is 10.6 Å². The molecule has 0 aliphatic rings. The zero-order valence-electron chi connectivity index (χ0n) is 13.1. The first-order valence-corrected chi connectivity index (χ1v) is 7.68.